The average molecular weight is 339 g/mol. The number of hydrogen-bond donors (Lipinski definition) is 0. The molecule has 0 aliphatic heterocycles. The lowest BCUT2D eigenvalue weighted by Gasteiger charge is -2.19. The van der Waals surface area contributed by atoms with Crippen LogP contribution in [-0.4, -0.2) is 29.0 Å². The molecule has 2 aromatic rings. The first-order valence-electron chi connectivity index (χ1n) is 6.48. The first-order chi connectivity index (χ1) is 10.4. The van der Waals surface area contributed by atoms with Gasteiger partial charge in [-0.2, -0.15) is 14.7 Å². The third-order valence-corrected chi connectivity index (χ3v) is 5.64. The molecule has 0 N–H and O–H groups in total. The van der Waals surface area contributed by atoms with E-state index in [1.165, 1.54) is 4.68 Å². The molecule has 22 heavy (non-hydrogen) atoms. The average Bonchev–Trinajstić information content (AvgIpc) is 2.73. The van der Waals surface area contributed by atoms with Crippen molar-refractivity contribution < 1.29 is 8.42 Å². The number of rotatable bonds is 5. The van der Waals surface area contributed by atoms with Gasteiger partial charge in [0.05, 0.1) is 11.8 Å². The number of nitrogens with zero attached hydrogens (tertiary/aromatic N) is 4. The molecule has 0 aliphatic carbocycles. The van der Waals surface area contributed by atoms with Crippen LogP contribution in [-0.2, 0) is 23.6 Å². The maximum absolute atomic E-state index is 12.8. The van der Waals surface area contributed by atoms with Gasteiger partial charge < -0.3 is 0 Å². The Hall–Kier alpha value is -1.88. The Balaban J connectivity index is 2.45. The van der Waals surface area contributed by atoms with Crippen molar-refractivity contribution in [3.05, 3.63) is 46.7 Å². The number of halogens is 1. The summed E-state index contributed by atoms with van der Waals surface area (Å²) >= 11 is 6.06. The Labute approximate surface area is 134 Å². The lowest BCUT2D eigenvalue weighted by atomic mass is 10.2. The molecular weight excluding hydrogens is 324 g/mol. The zero-order chi connectivity index (χ0) is 16.3. The van der Waals surface area contributed by atoms with Gasteiger partial charge in [-0.15, -0.1) is 0 Å². The van der Waals surface area contributed by atoms with Gasteiger partial charge in [0.1, 0.15) is 16.6 Å². The van der Waals surface area contributed by atoms with Gasteiger partial charge in [-0.25, -0.2) is 8.42 Å². The van der Waals surface area contributed by atoms with Crippen molar-refractivity contribution in [2.24, 2.45) is 7.05 Å². The first-order valence-corrected chi connectivity index (χ1v) is 8.30. The number of sulfonamides is 1. The van der Waals surface area contributed by atoms with Crippen molar-refractivity contribution in [3.8, 4) is 6.07 Å². The lowest BCUT2D eigenvalue weighted by Crippen LogP contribution is -2.31. The molecule has 0 fully saturated rings. The summed E-state index contributed by atoms with van der Waals surface area (Å²) in [4.78, 5) is -0.0529. The van der Waals surface area contributed by atoms with E-state index in [1.807, 2.05) is 24.3 Å². The summed E-state index contributed by atoms with van der Waals surface area (Å²) in [6, 6.07) is 11.0. The molecule has 8 heteroatoms. The van der Waals surface area contributed by atoms with E-state index in [4.69, 9.17) is 16.9 Å². The molecule has 0 amide bonds. The molecule has 1 heterocycles. The van der Waals surface area contributed by atoms with Gasteiger partial charge in [0, 0.05) is 13.6 Å². The number of nitriles is 1. The molecule has 1 aromatic heterocycles. The highest BCUT2D eigenvalue weighted by atomic mass is 35.5. The molecule has 116 valence electrons. The minimum absolute atomic E-state index is 0.0356. The van der Waals surface area contributed by atoms with Crippen LogP contribution in [0.15, 0.2) is 35.2 Å². The molecular formula is C14H15ClN4O2S. The summed E-state index contributed by atoms with van der Waals surface area (Å²) in [7, 11) is -2.34. The highest BCUT2D eigenvalue weighted by Crippen LogP contribution is 2.28. The SMILES string of the molecule is Cc1nn(C)c(Cl)c1S(=O)(=O)N(CC#N)Cc1ccccc1. The fourth-order valence-electron chi connectivity index (χ4n) is 2.12. The molecule has 0 unspecified atom stereocenters. The summed E-state index contributed by atoms with van der Waals surface area (Å²) in [5, 5.41) is 13.0. The third kappa shape index (κ3) is 3.14. The van der Waals surface area contributed by atoms with Crippen LogP contribution in [0.4, 0.5) is 0 Å². The standard InChI is InChI=1S/C14H15ClN4O2S/c1-11-13(14(15)18(2)17-11)22(20,21)19(9-8-16)10-12-6-4-3-5-7-12/h3-7H,9-10H2,1-2H3. The van der Waals surface area contributed by atoms with E-state index in [-0.39, 0.29) is 23.1 Å². The Bertz CT molecular complexity index is 809. The Kier molecular flexibility index (Phi) is 4.86. The molecule has 0 saturated carbocycles. The van der Waals surface area contributed by atoms with Crippen molar-refractivity contribution in [2.75, 3.05) is 6.54 Å². The van der Waals surface area contributed by atoms with Crippen LogP contribution in [0.3, 0.4) is 0 Å². The van der Waals surface area contributed by atoms with Crippen LogP contribution in [0.2, 0.25) is 5.15 Å². The molecule has 0 atom stereocenters. The zero-order valence-corrected chi connectivity index (χ0v) is 13.8. The Morgan fingerprint density at radius 3 is 2.50 bits per heavy atom. The maximum Gasteiger partial charge on any atom is 0.249 e. The minimum Gasteiger partial charge on any atom is -0.255 e. The quantitative estimate of drug-likeness (QED) is 0.782. The van der Waals surface area contributed by atoms with E-state index in [1.54, 1.807) is 26.1 Å². The fourth-order valence-corrected chi connectivity index (χ4v) is 4.16. The number of hydrogen-bond acceptors (Lipinski definition) is 4. The summed E-state index contributed by atoms with van der Waals surface area (Å²) in [6.45, 7) is 1.41. The lowest BCUT2D eigenvalue weighted by molar-refractivity contribution is 0.441. The van der Waals surface area contributed by atoms with Crippen molar-refractivity contribution in [2.45, 2.75) is 18.4 Å². The molecule has 1 aromatic carbocycles. The summed E-state index contributed by atoms with van der Waals surface area (Å²) in [6.07, 6.45) is 0. The summed E-state index contributed by atoms with van der Waals surface area (Å²) < 4.78 is 28.0. The minimum atomic E-state index is -3.91. The van der Waals surface area contributed by atoms with E-state index in [0.29, 0.717) is 5.69 Å². The molecule has 2 rings (SSSR count). The smallest absolute Gasteiger partial charge is 0.249 e. The van der Waals surface area contributed by atoms with Gasteiger partial charge in [-0.1, -0.05) is 41.9 Å². The van der Waals surface area contributed by atoms with Crippen LogP contribution in [0.5, 0.6) is 0 Å². The van der Waals surface area contributed by atoms with E-state index in [0.717, 1.165) is 9.87 Å². The van der Waals surface area contributed by atoms with Gasteiger partial charge >= 0.3 is 0 Å². The Morgan fingerprint density at radius 1 is 1.36 bits per heavy atom. The van der Waals surface area contributed by atoms with E-state index in [2.05, 4.69) is 5.10 Å². The van der Waals surface area contributed by atoms with Crippen molar-refractivity contribution >= 4 is 21.6 Å². The van der Waals surface area contributed by atoms with Crippen LogP contribution in [0.25, 0.3) is 0 Å². The van der Waals surface area contributed by atoms with Crippen molar-refractivity contribution in [1.29, 1.82) is 5.26 Å². The second-order valence-electron chi connectivity index (χ2n) is 4.75. The highest BCUT2D eigenvalue weighted by Gasteiger charge is 2.31. The molecule has 0 radical (unpaired) electrons. The van der Waals surface area contributed by atoms with Crippen LogP contribution in [0, 0.1) is 18.3 Å². The molecule has 0 spiro atoms. The summed E-state index contributed by atoms with van der Waals surface area (Å²) in [5.74, 6) is 0. The number of benzene rings is 1. The Morgan fingerprint density at radius 2 is 2.00 bits per heavy atom. The molecule has 0 saturated heterocycles. The molecule has 6 nitrogen and oxygen atoms in total. The van der Waals surface area contributed by atoms with Crippen LogP contribution >= 0.6 is 11.6 Å². The largest absolute Gasteiger partial charge is 0.255 e. The second-order valence-corrected chi connectivity index (χ2v) is 6.98. The predicted octanol–water partition coefficient (Wildman–Crippen LogP) is 2.10. The predicted molar refractivity (Wildman–Crippen MR) is 82.6 cm³/mol. The first kappa shape index (κ1) is 16.5. The van der Waals surface area contributed by atoms with E-state index >= 15 is 0 Å². The van der Waals surface area contributed by atoms with Gasteiger partial charge in [0.2, 0.25) is 10.0 Å². The maximum atomic E-state index is 12.8. The zero-order valence-electron chi connectivity index (χ0n) is 12.2. The van der Waals surface area contributed by atoms with E-state index < -0.39 is 10.0 Å². The normalized spacial score (nSPS) is 11.6. The van der Waals surface area contributed by atoms with Gasteiger partial charge in [-0.05, 0) is 12.5 Å². The third-order valence-electron chi connectivity index (χ3n) is 3.15. The number of aromatic nitrogens is 2. The van der Waals surface area contributed by atoms with Crippen molar-refractivity contribution in [3.63, 3.8) is 0 Å². The van der Waals surface area contributed by atoms with Crippen molar-refractivity contribution in [1.82, 2.24) is 14.1 Å². The van der Waals surface area contributed by atoms with Gasteiger partial charge in [0.15, 0.2) is 0 Å². The number of aryl methyl sites for hydroxylation is 2. The monoisotopic (exact) mass is 338 g/mol. The molecule has 0 aliphatic rings. The second kappa shape index (κ2) is 6.48. The van der Waals surface area contributed by atoms with Crippen LogP contribution < -0.4 is 0 Å². The van der Waals surface area contributed by atoms with Gasteiger partial charge in [0.25, 0.3) is 0 Å². The topological polar surface area (TPSA) is 79.0 Å². The van der Waals surface area contributed by atoms with E-state index in [9.17, 15) is 8.42 Å². The summed E-state index contributed by atoms with van der Waals surface area (Å²) in [5.41, 5.74) is 1.10. The van der Waals surface area contributed by atoms with Gasteiger partial charge in [-0.3, -0.25) is 4.68 Å². The molecule has 0 bridgehead atoms. The van der Waals surface area contributed by atoms with Crippen LogP contribution in [0.1, 0.15) is 11.3 Å². The fraction of sp³-hybridized carbons (Fsp3) is 0.286. The highest BCUT2D eigenvalue weighted by molar-refractivity contribution is 7.89.